The van der Waals surface area contributed by atoms with Gasteiger partial charge in [0, 0.05) is 19.5 Å². The Morgan fingerprint density at radius 3 is 2.53 bits per heavy atom. The molecule has 0 aliphatic rings. The van der Waals surface area contributed by atoms with Crippen LogP contribution in [0.4, 0.5) is 14.5 Å². The second-order valence-electron chi connectivity index (χ2n) is 4.05. The molecule has 1 N–H and O–H groups in total. The number of amides is 2. The summed E-state index contributed by atoms with van der Waals surface area (Å²) in [7, 11) is 0. The minimum Gasteiger partial charge on any atom is -0.355 e. The van der Waals surface area contributed by atoms with Crippen molar-refractivity contribution in [3.05, 3.63) is 29.8 Å². The van der Waals surface area contributed by atoms with Crippen LogP contribution in [-0.4, -0.2) is 24.9 Å². The van der Waals surface area contributed by atoms with E-state index < -0.39 is 17.5 Å². The molecule has 1 aromatic carbocycles. The van der Waals surface area contributed by atoms with E-state index in [1.54, 1.807) is 0 Å². The Kier molecular flexibility index (Phi) is 5.41. The number of carbonyl (C=O) groups is 2. The summed E-state index contributed by atoms with van der Waals surface area (Å²) in [5.74, 6) is -2.49. The van der Waals surface area contributed by atoms with Crippen LogP contribution in [0, 0.1) is 11.6 Å². The van der Waals surface area contributed by atoms with E-state index in [1.807, 2.05) is 6.92 Å². The summed E-state index contributed by atoms with van der Waals surface area (Å²) in [6.45, 7) is 3.30. The van der Waals surface area contributed by atoms with Gasteiger partial charge < -0.3 is 10.2 Å². The first-order chi connectivity index (χ1) is 8.95. The van der Waals surface area contributed by atoms with Crippen molar-refractivity contribution in [2.24, 2.45) is 0 Å². The average Bonchev–Trinajstić information content (AvgIpc) is 2.34. The summed E-state index contributed by atoms with van der Waals surface area (Å²) in [5, 5.41) is 2.59. The Labute approximate surface area is 110 Å². The Bertz CT molecular complexity index is 478. The third-order valence-corrected chi connectivity index (χ3v) is 2.45. The number of rotatable bonds is 5. The van der Waals surface area contributed by atoms with Crippen molar-refractivity contribution in [3.63, 3.8) is 0 Å². The maximum Gasteiger partial charge on any atom is 0.240 e. The van der Waals surface area contributed by atoms with Crippen molar-refractivity contribution in [2.75, 3.05) is 18.0 Å². The molecule has 0 aliphatic carbocycles. The Balaban J connectivity index is 2.88. The number of benzene rings is 1. The third kappa shape index (κ3) is 4.31. The Morgan fingerprint density at radius 1 is 1.32 bits per heavy atom. The molecule has 6 heteroatoms. The number of hydrogen-bond donors (Lipinski definition) is 1. The molecule has 2 amide bonds. The minimum absolute atomic E-state index is 0.111. The molecular formula is C13H16F2N2O2. The van der Waals surface area contributed by atoms with Crippen LogP contribution in [0.2, 0.25) is 0 Å². The van der Waals surface area contributed by atoms with Crippen molar-refractivity contribution in [2.45, 2.75) is 20.3 Å². The number of hydrogen-bond acceptors (Lipinski definition) is 2. The zero-order valence-corrected chi connectivity index (χ0v) is 10.9. The molecule has 0 saturated carbocycles. The molecule has 0 saturated heterocycles. The predicted octanol–water partition coefficient (Wildman–Crippen LogP) is 1.84. The fourth-order valence-electron chi connectivity index (χ4n) is 1.53. The normalized spacial score (nSPS) is 10.1. The van der Waals surface area contributed by atoms with E-state index in [0.29, 0.717) is 12.6 Å². The minimum atomic E-state index is -0.876. The van der Waals surface area contributed by atoms with E-state index >= 15 is 0 Å². The molecule has 0 aliphatic heterocycles. The Hall–Kier alpha value is -1.98. The van der Waals surface area contributed by atoms with Gasteiger partial charge in [-0.25, -0.2) is 8.78 Å². The number of nitrogens with zero attached hydrogens (tertiary/aromatic N) is 1. The van der Waals surface area contributed by atoms with Gasteiger partial charge in [0.25, 0.3) is 0 Å². The van der Waals surface area contributed by atoms with Gasteiger partial charge in [-0.05, 0) is 18.6 Å². The lowest BCUT2D eigenvalue weighted by Crippen LogP contribution is -2.40. The van der Waals surface area contributed by atoms with E-state index in [-0.39, 0.29) is 18.1 Å². The van der Waals surface area contributed by atoms with Gasteiger partial charge in [-0.3, -0.25) is 9.59 Å². The SMILES string of the molecule is CCCNC(=O)CN(C(C)=O)c1ccc(F)cc1F. The van der Waals surface area contributed by atoms with Crippen molar-refractivity contribution in [1.29, 1.82) is 0 Å². The molecule has 1 rings (SSSR count). The molecule has 0 atom stereocenters. The fraction of sp³-hybridized carbons (Fsp3) is 0.385. The van der Waals surface area contributed by atoms with Crippen molar-refractivity contribution in [3.8, 4) is 0 Å². The predicted molar refractivity (Wildman–Crippen MR) is 67.7 cm³/mol. The first-order valence-corrected chi connectivity index (χ1v) is 5.95. The van der Waals surface area contributed by atoms with Crippen molar-refractivity contribution >= 4 is 17.5 Å². The molecule has 104 valence electrons. The molecule has 0 radical (unpaired) electrons. The standard InChI is InChI=1S/C13H16F2N2O2/c1-3-6-16-13(19)8-17(9(2)18)12-5-4-10(14)7-11(12)15/h4-5,7H,3,6,8H2,1-2H3,(H,16,19). The van der Waals surface area contributed by atoms with Gasteiger partial charge in [0.2, 0.25) is 11.8 Å². The zero-order chi connectivity index (χ0) is 14.4. The van der Waals surface area contributed by atoms with E-state index in [0.717, 1.165) is 23.5 Å². The summed E-state index contributed by atoms with van der Waals surface area (Å²) in [6, 6.07) is 2.85. The van der Waals surface area contributed by atoms with E-state index in [1.165, 1.54) is 6.92 Å². The summed E-state index contributed by atoms with van der Waals surface area (Å²) in [6.07, 6.45) is 0.761. The number of halogens is 2. The first kappa shape index (κ1) is 15.1. The van der Waals surface area contributed by atoms with Crippen LogP contribution in [0.25, 0.3) is 0 Å². The molecule has 19 heavy (non-hydrogen) atoms. The summed E-state index contributed by atoms with van der Waals surface area (Å²) in [4.78, 5) is 24.0. The lowest BCUT2D eigenvalue weighted by atomic mass is 10.2. The number of anilines is 1. The summed E-state index contributed by atoms with van der Waals surface area (Å²) in [5.41, 5.74) is -0.111. The van der Waals surface area contributed by atoms with Gasteiger partial charge in [-0.1, -0.05) is 6.92 Å². The number of nitrogens with one attached hydrogen (secondary N) is 1. The molecule has 0 bridgehead atoms. The molecule has 1 aromatic rings. The quantitative estimate of drug-likeness (QED) is 0.887. The van der Waals surface area contributed by atoms with E-state index in [2.05, 4.69) is 5.32 Å². The smallest absolute Gasteiger partial charge is 0.240 e. The van der Waals surface area contributed by atoms with Gasteiger partial charge in [0.15, 0.2) is 0 Å². The van der Waals surface area contributed by atoms with Gasteiger partial charge in [0.05, 0.1) is 5.69 Å². The highest BCUT2D eigenvalue weighted by atomic mass is 19.1. The van der Waals surface area contributed by atoms with Crippen LogP contribution in [0.1, 0.15) is 20.3 Å². The van der Waals surface area contributed by atoms with Crippen molar-refractivity contribution < 1.29 is 18.4 Å². The fourth-order valence-corrected chi connectivity index (χ4v) is 1.53. The van der Waals surface area contributed by atoms with E-state index in [9.17, 15) is 18.4 Å². The van der Waals surface area contributed by atoms with Crippen LogP contribution < -0.4 is 10.2 Å². The molecule has 0 spiro atoms. The summed E-state index contributed by atoms with van der Waals surface area (Å²) >= 11 is 0. The summed E-state index contributed by atoms with van der Waals surface area (Å²) < 4.78 is 26.4. The number of carbonyl (C=O) groups excluding carboxylic acids is 2. The van der Waals surface area contributed by atoms with Crippen LogP contribution in [0.15, 0.2) is 18.2 Å². The largest absolute Gasteiger partial charge is 0.355 e. The van der Waals surface area contributed by atoms with Crippen molar-refractivity contribution in [1.82, 2.24) is 5.32 Å². The maximum atomic E-state index is 13.6. The maximum absolute atomic E-state index is 13.6. The highest BCUT2D eigenvalue weighted by Crippen LogP contribution is 2.20. The third-order valence-electron chi connectivity index (χ3n) is 2.45. The molecular weight excluding hydrogens is 254 g/mol. The second-order valence-corrected chi connectivity index (χ2v) is 4.05. The van der Waals surface area contributed by atoms with Crippen LogP contribution in [-0.2, 0) is 9.59 Å². The average molecular weight is 270 g/mol. The first-order valence-electron chi connectivity index (χ1n) is 5.95. The van der Waals surface area contributed by atoms with Gasteiger partial charge in [-0.2, -0.15) is 0 Å². The highest BCUT2D eigenvalue weighted by Gasteiger charge is 2.19. The Morgan fingerprint density at radius 2 is 2.00 bits per heavy atom. The lowest BCUT2D eigenvalue weighted by Gasteiger charge is -2.21. The highest BCUT2D eigenvalue weighted by molar-refractivity contribution is 5.97. The van der Waals surface area contributed by atoms with Crippen LogP contribution in [0.5, 0.6) is 0 Å². The van der Waals surface area contributed by atoms with Gasteiger partial charge >= 0.3 is 0 Å². The van der Waals surface area contributed by atoms with E-state index in [4.69, 9.17) is 0 Å². The molecule has 4 nitrogen and oxygen atoms in total. The zero-order valence-electron chi connectivity index (χ0n) is 10.9. The second kappa shape index (κ2) is 6.82. The van der Waals surface area contributed by atoms with Gasteiger partial charge in [0.1, 0.15) is 18.2 Å². The lowest BCUT2D eigenvalue weighted by molar-refractivity contribution is -0.123. The van der Waals surface area contributed by atoms with Crippen LogP contribution in [0.3, 0.4) is 0 Å². The van der Waals surface area contributed by atoms with Crippen LogP contribution >= 0.6 is 0 Å². The molecule has 0 fully saturated rings. The molecule has 0 unspecified atom stereocenters. The van der Waals surface area contributed by atoms with Gasteiger partial charge in [-0.15, -0.1) is 0 Å². The topological polar surface area (TPSA) is 49.4 Å². The monoisotopic (exact) mass is 270 g/mol. The molecule has 0 aromatic heterocycles. The molecule has 0 heterocycles.